The highest BCUT2D eigenvalue weighted by Crippen LogP contribution is 2.54. The van der Waals surface area contributed by atoms with Gasteiger partial charge in [0.15, 0.2) is 0 Å². The Morgan fingerprint density at radius 2 is 1.80 bits per heavy atom. The summed E-state index contributed by atoms with van der Waals surface area (Å²) in [4.78, 5) is 5.05. The van der Waals surface area contributed by atoms with E-state index in [1.165, 1.54) is 22.5 Å². The first kappa shape index (κ1) is 28.7. The molecule has 0 aromatic heterocycles. The summed E-state index contributed by atoms with van der Waals surface area (Å²) in [6.45, 7) is 4.57. The van der Waals surface area contributed by atoms with Gasteiger partial charge in [0, 0.05) is 23.2 Å². The Bertz CT molecular complexity index is 1800. The van der Waals surface area contributed by atoms with Crippen molar-refractivity contribution in [2.75, 3.05) is 0 Å². The summed E-state index contributed by atoms with van der Waals surface area (Å²) in [5, 5.41) is 34.1. The fourth-order valence-electron chi connectivity index (χ4n) is 9.60. The number of nitriles is 3. The largest absolute Gasteiger partial charge is 0.348 e. The van der Waals surface area contributed by atoms with E-state index in [2.05, 4.69) is 126 Å². The molecule has 3 heterocycles. The molecule has 0 aromatic carbocycles. The van der Waals surface area contributed by atoms with Crippen LogP contribution in [-0.4, -0.2) is 27.5 Å². The van der Waals surface area contributed by atoms with Crippen molar-refractivity contribution in [1.29, 1.82) is 15.8 Å². The molecule has 0 radical (unpaired) electrons. The summed E-state index contributed by atoms with van der Waals surface area (Å²) in [5.41, 5.74) is 7.14. The molecule has 9 atom stereocenters. The van der Waals surface area contributed by atoms with Crippen LogP contribution in [-0.2, 0) is 0 Å². The van der Waals surface area contributed by atoms with Crippen molar-refractivity contribution in [3.63, 3.8) is 0 Å². The van der Waals surface area contributed by atoms with E-state index in [4.69, 9.17) is 0 Å². The molecule has 8 rings (SSSR count). The Labute approximate surface area is 272 Å². The van der Waals surface area contributed by atoms with Gasteiger partial charge in [-0.25, -0.2) is 0 Å². The minimum atomic E-state index is -0.263. The van der Waals surface area contributed by atoms with E-state index in [9.17, 15) is 15.8 Å². The molecule has 6 nitrogen and oxygen atoms in total. The summed E-state index contributed by atoms with van der Waals surface area (Å²) in [5.74, 6) is 1.51. The first-order valence-electron chi connectivity index (χ1n) is 17.0. The van der Waals surface area contributed by atoms with Crippen molar-refractivity contribution in [2.24, 2.45) is 35.5 Å². The second kappa shape index (κ2) is 11.0. The fourth-order valence-corrected chi connectivity index (χ4v) is 9.60. The maximum Gasteiger partial charge on any atom is 0.121 e. The highest BCUT2D eigenvalue weighted by molar-refractivity contribution is 5.54. The van der Waals surface area contributed by atoms with Crippen molar-refractivity contribution in [2.45, 2.75) is 70.1 Å². The number of nitrogens with one attached hydrogen (secondary N) is 1. The summed E-state index contributed by atoms with van der Waals surface area (Å²) < 4.78 is 0. The highest BCUT2D eigenvalue weighted by atomic mass is 15.4. The minimum absolute atomic E-state index is 0.0942. The molecular weight excluding hydrogens is 564 g/mol. The molecule has 1 N–H and O–H groups in total. The van der Waals surface area contributed by atoms with Crippen molar-refractivity contribution in [3.05, 3.63) is 118 Å². The van der Waals surface area contributed by atoms with Gasteiger partial charge in [-0.1, -0.05) is 61.6 Å². The van der Waals surface area contributed by atoms with Crippen LogP contribution in [0.3, 0.4) is 0 Å². The lowest BCUT2D eigenvalue weighted by Crippen LogP contribution is -2.54. The standard InChI is InChI=1S/C40H40N6/c1-25-27(23-42)15-17-36-39(25)31-11-5-6-13-34(31)45(36)37-20-29(30-10-4-3-9-28(30)24-43)21-38(44-37)46-35-16-14-26(22-41)19-32(35)33-12-7-8-18-40(33,46)2/h3-4,6,8,10,13-18,20-21,25-28,31,33-34,37,44H,5,7,9,11-12,19H2,1-2H3. The van der Waals surface area contributed by atoms with Crippen molar-refractivity contribution in [1.82, 2.24) is 15.1 Å². The molecule has 9 unspecified atom stereocenters. The highest BCUT2D eigenvalue weighted by Gasteiger charge is 2.52. The zero-order valence-electron chi connectivity index (χ0n) is 26.6. The van der Waals surface area contributed by atoms with Crippen LogP contribution in [0, 0.1) is 69.5 Å². The normalized spacial score (nSPS) is 38.5. The van der Waals surface area contributed by atoms with E-state index in [-0.39, 0.29) is 41.4 Å². The molecule has 0 bridgehead atoms. The summed E-state index contributed by atoms with van der Waals surface area (Å²) >= 11 is 0. The molecular formula is C40H40N6. The van der Waals surface area contributed by atoms with Crippen molar-refractivity contribution >= 4 is 0 Å². The van der Waals surface area contributed by atoms with Crippen molar-refractivity contribution in [3.8, 4) is 18.2 Å². The summed E-state index contributed by atoms with van der Waals surface area (Å²) in [7, 11) is 0. The van der Waals surface area contributed by atoms with Gasteiger partial charge in [0.25, 0.3) is 0 Å². The van der Waals surface area contributed by atoms with Gasteiger partial charge in [-0.15, -0.1) is 0 Å². The molecule has 8 aliphatic rings. The molecule has 5 aliphatic carbocycles. The third kappa shape index (κ3) is 4.18. The lowest BCUT2D eigenvalue weighted by molar-refractivity contribution is 0.164. The Balaban J connectivity index is 1.27. The van der Waals surface area contributed by atoms with Gasteiger partial charge in [0.1, 0.15) is 12.0 Å². The third-order valence-electron chi connectivity index (χ3n) is 11.8. The Morgan fingerprint density at radius 3 is 2.63 bits per heavy atom. The maximum atomic E-state index is 10.2. The molecule has 0 amide bonds. The monoisotopic (exact) mass is 604 g/mol. The van der Waals surface area contributed by atoms with Gasteiger partial charge in [-0.3, -0.25) is 0 Å². The quantitative estimate of drug-likeness (QED) is 0.339. The zero-order chi connectivity index (χ0) is 31.6. The molecule has 0 fully saturated rings. The summed E-state index contributed by atoms with van der Waals surface area (Å²) in [6.07, 6.45) is 34.4. The Hall–Kier alpha value is -4.73. The number of allylic oxidation sites excluding steroid dienone is 12. The number of rotatable bonds is 3. The maximum absolute atomic E-state index is 10.2. The van der Waals surface area contributed by atoms with E-state index in [1.807, 2.05) is 0 Å². The lowest BCUT2D eigenvalue weighted by atomic mass is 9.74. The van der Waals surface area contributed by atoms with Crippen LogP contribution in [0.5, 0.6) is 0 Å². The molecule has 0 saturated carbocycles. The molecule has 0 aromatic rings. The van der Waals surface area contributed by atoms with E-state index in [0.29, 0.717) is 18.3 Å². The van der Waals surface area contributed by atoms with Crippen LogP contribution in [0.25, 0.3) is 0 Å². The van der Waals surface area contributed by atoms with Gasteiger partial charge in [0.2, 0.25) is 0 Å². The van der Waals surface area contributed by atoms with Crippen LogP contribution in [0.15, 0.2) is 118 Å². The van der Waals surface area contributed by atoms with Crippen molar-refractivity contribution < 1.29 is 0 Å². The number of nitrogens with zero attached hydrogens (tertiary/aromatic N) is 5. The van der Waals surface area contributed by atoms with E-state index >= 15 is 0 Å². The average molecular weight is 605 g/mol. The average Bonchev–Trinajstić information content (AvgIpc) is 3.57. The van der Waals surface area contributed by atoms with Gasteiger partial charge in [-0.2, -0.15) is 15.8 Å². The molecule has 46 heavy (non-hydrogen) atoms. The molecule has 0 spiro atoms. The molecule has 230 valence electrons. The Kier molecular flexibility index (Phi) is 6.84. The van der Waals surface area contributed by atoms with Gasteiger partial charge in [-0.05, 0) is 98.0 Å². The first-order valence-corrected chi connectivity index (χ1v) is 17.0. The van der Waals surface area contributed by atoms with Crippen LogP contribution in [0.4, 0.5) is 0 Å². The fraction of sp³-hybridized carbons (Fsp3) is 0.425. The lowest BCUT2D eigenvalue weighted by Gasteiger charge is -2.47. The number of hydrogen-bond acceptors (Lipinski definition) is 6. The van der Waals surface area contributed by atoms with E-state index in [0.717, 1.165) is 49.1 Å². The minimum Gasteiger partial charge on any atom is -0.348 e. The van der Waals surface area contributed by atoms with E-state index in [1.54, 1.807) is 0 Å². The first-order chi connectivity index (χ1) is 22.5. The zero-order valence-corrected chi connectivity index (χ0v) is 26.6. The Morgan fingerprint density at radius 1 is 0.957 bits per heavy atom. The third-order valence-corrected chi connectivity index (χ3v) is 11.8. The van der Waals surface area contributed by atoms with Gasteiger partial charge < -0.3 is 15.1 Å². The molecule has 6 heteroatoms. The number of hydrogen-bond donors (Lipinski definition) is 1. The second-order valence-electron chi connectivity index (χ2n) is 14.2. The van der Waals surface area contributed by atoms with Gasteiger partial charge in [0.05, 0.1) is 47.5 Å². The SMILES string of the molecule is CC1C2=C(C=CC1C#N)N(C1C=C(C3=CC=CCC3C#N)C=C(N3C4=C(CC(C#N)C=C4)C4CCC=CC43C)N1)C1C=CCCC21. The smallest absolute Gasteiger partial charge is 0.121 e. The topological polar surface area (TPSA) is 89.9 Å². The molecule has 3 aliphatic heterocycles. The number of dihydropyridines is 1. The second-order valence-corrected chi connectivity index (χ2v) is 14.2. The van der Waals surface area contributed by atoms with Crippen LogP contribution >= 0.6 is 0 Å². The number of fused-ring (bicyclic) bond motifs is 4. The molecule has 0 saturated heterocycles. The summed E-state index contributed by atoms with van der Waals surface area (Å²) in [6, 6.07) is 7.82. The van der Waals surface area contributed by atoms with Crippen LogP contribution in [0.1, 0.15) is 52.4 Å². The predicted octanol–water partition coefficient (Wildman–Crippen LogP) is 7.35. The van der Waals surface area contributed by atoms with Gasteiger partial charge >= 0.3 is 0 Å². The van der Waals surface area contributed by atoms with Crippen LogP contribution < -0.4 is 5.32 Å². The van der Waals surface area contributed by atoms with Crippen LogP contribution in [0.2, 0.25) is 0 Å². The van der Waals surface area contributed by atoms with E-state index < -0.39 is 0 Å². The predicted molar refractivity (Wildman–Crippen MR) is 178 cm³/mol.